The molecule has 0 radical (unpaired) electrons. The maximum atomic E-state index is 12.8. The summed E-state index contributed by atoms with van der Waals surface area (Å²) in [4.78, 5) is 18.8. The summed E-state index contributed by atoms with van der Waals surface area (Å²) in [5.41, 5.74) is 9.01. The van der Waals surface area contributed by atoms with Gasteiger partial charge in [-0.2, -0.15) is 5.26 Å². The Kier molecular flexibility index (Phi) is 5.29. The van der Waals surface area contributed by atoms with E-state index in [0.717, 1.165) is 30.4 Å². The number of carbonyl (C=O) groups is 1. The Hall–Kier alpha value is -3.39. The number of hydrogen-bond donors (Lipinski definition) is 4. The molecular weight excluding hydrogens is 448 g/mol. The van der Waals surface area contributed by atoms with Gasteiger partial charge in [-0.3, -0.25) is 4.90 Å². The minimum Gasteiger partial charge on any atom is -0.485 e. The molecule has 5 unspecified atom stereocenters. The molecule has 5 N–H and O–H groups in total. The van der Waals surface area contributed by atoms with E-state index in [0.29, 0.717) is 36.8 Å². The van der Waals surface area contributed by atoms with Gasteiger partial charge in [0.2, 0.25) is 0 Å². The van der Waals surface area contributed by atoms with Crippen LogP contribution in [0.25, 0.3) is 0 Å². The lowest BCUT2D eigenvalue weighted by Gasteiger charge is -2.41. The summed E-state index contributed by atoms with van der Waals surface area (Å²) in [5.74, 6) is 1.35. The fraction of sp³-hybridized carbons (Fsp3) is 0.480. The van der Waals surface area contributed by atoms with E-state index < -0.39 is 17.9 Å². The monoisotopic (exact) mass is 476 g/mol. The number of aliphatic hydroxyl groups is 1. The molecule has 10 heteroatoms. The lowest BCUT2D eigenvalue weighted by atomic mass is 9.78. The topological polar surface area (TPSA) is 146 Å². The molecular formula is C25H28N6O4. The van der Waals surface area contributed by atoms with Crippen molar-refractivity contribution in [2.45, 2.75) is 62.1 Å². The van der Waals surface area contributed by atoms with E-state index in [2.05, 4.69) is 27.8 Å². The highest BCUT2D eigenvalue weighted by Gasteiger charge is 2.53. The Morgan fingerprint density at radius 2 is 2.17 bits per heavy atom. The summed E-state index contributed by atoms with van der Waals surface area (Å²) >= 11 is 0. The van der Waals surface area contributed by atoms with Crippen molar-refractivity contribution >= 4 is 17.7 Å². The molecule has 5 atom stereocenters. The van der Waals surface area contributed by atoms with Crippen LogP contribution >= 0.6 is 0 Å². The van der Waals surface area contributed by atoms with E-state index in [1.54, 1.807) is 12.1 Å². The Bertz CT molecular complexity index is 1210. The predicted molar refractivity (Wildman–Crippen MR) is 127 cm³/mol. The van der Waals surface area contributed by atoms with Crippen molar-refractivity contribution < 1.29 is 19.4 Å². The van der Waals surface area contributed by atoms with Gasteiger partial charge in [0.1, 0.15) is 18.0 Å². The first-order chi connectivity index (χ1) is 16.9. The number of aromatic nitrogens is 1. The average Bonchev–Trinajstić information content (AvgIpc) is 3.41. The first-order valence-electron chi connectivity index (χ1n) is 12.1. The van der Waals surface area contributed by atoms with E-state index in [9.17, 15) is 15.2 Å². The van der Waals surface area contributed by atoms with Crippen molar-refractivity contribution in [2.75, 3.05) is 23.4 Å². The number of nitrogens with zero attached hydrogens (tertiary/aromatic N) is 3. The number of nitrogens with one attached hydrogen (secondary N) is 2. The van der Waals surface area contributed by atoms with E-state index in [-0.39, 0.29) is 24.7 Å². The predicted octanol–water partition coefficient (Wildman–Crippen LogP) is 1.41. The van der Waals surface area contributed by atoms with Crippen molar-refractivity contribution in [1.29, 1.82) is 5.26 Å². The quantitative estimate of drug-likeness (QED) is 0.516. The van der Waals surface area contributed by atoms with Crippen LogP contribution in [0, 0.1) is 11.3 Å². The normalized spacial score (nSPS) is 31.2. The Labute approximate surface area is 203 Å². The van der Waals surface area contributed by atoms with Crippen LogP contribution in [0.1, 0.15) is 36.0 Å². The number of hydrogen-bond acceptors (Lipinski definition) is 9. The van der Waals surface area contributed by atoms with Gasteiger partial charge in [0.15, 0.2) is 17.8 Å². The molecule has 1 saturated carbocycles. The lowest BCUT2D eigenvalue weighted by Crippen LogP contribution is -2.58. The molecule has 2 aromatic rings. The van der Waals surface area contributed by atoms with E-state index in [4.69, 9.17) is 15.2 Å². The first-order valence-corrected chi connectivity index (χ1v) is 12.1. The van der Waals surface area contributed by atoms with Gasteiger partial charge in [0.25, 0.3) is 0 Å². The number of ether oxygens (including phenoxy) is 2. The Morgan fingerprint density at radius 1 is 1.29 bits per heavy atom. The van der Waals surface area contributed by atoms with Gasteiger partial charge < -0.3 is 30.9 Å². The van der Waals surface area contributed by atoms with Gasteiger partial charge in [-0.1, -0.05) is 12.1 Å². The molecule has 1 spiro atoms. The van der Waals surface area contributed by atoms with Crippen LogP contribution in [-0.2, 0) is 17.6 Å². The molecule has 1 saturated heterocycles. The number of anilines is 2. The van der Waals surface area contributed by atoms with Crippen molar-refractivity contribution in [3.05, 3.63) is 47.0 Å². The maximum Gasteiger partial charge on any atom is 0.416 e. The minimum absolute atomic E-state index is 0.138. The summed E-state index contributed by atoms with van der Waals surface area (Å²) in [7, 11) is 0. The number of nitriles is 1. The van der Waals surface area contributed by atoms with Crippen molar-refractivity contribution in [3.63, 3.8) is 0 Å². The Balaban J connectivity index is 1.11. The molecule has 0 bridgehead atoms. The highest BCUT2D eigenvalue weighted by atomic mass is 16.6. The van der Waals surface area contributed by atoms with Crippen LogP contribution in [0.3, 0.4) is 0 Å². The fourth-order valence-electron chi connectivity index (χ4n) is 5.87. The van der Waals surface area contributed by atoms with Crippen LogP contribution in [0.15, 0.2) is 30.3 Å². The molecule has 2 aliphatic carbocycles. The molecule has 6 rings (SSSR count). The number of rotatable bonds is 3. The SMILES string of the molecule is N#Cc1cccc2c1CC(NC1CCC3(CN(c4ccc5c(n4)NC(O)CO5)C(=O)O3)C(N)C1)C2. The van der Waals surface area contributed by atoms with Crippen LogP contribution in [-0.4, -0.2) is 59.3 Å². The number of aliphatic hydroxyl groups excluding tert-OH is 1. The van der Waals surface area contributed by atoms with Crippen LogP contribution in [0.2, 0.25) is 0 Å². The van der Waals surface area contributed by atoms with Gasteiger partial charge in [-0.15, -0.1) is 0 Å². The van der Waals surface area contributed by atoms with Gasteiger partial charge >= 0.3 is 6.09 Å². The molecule has 10 nitrogen and oxygen atoms in total. The smallest absolute Gasteiger partial charge is 0.416 e. The number of carbonyl (C=O) groups excluding carboxylic acids is 1. The molecule has 35 heavy (non-hydrogen) atoms. The molecule has 1 aromatic heterocycles. The number of benzene rings is 1. The van der Waals surface area contributed by atoms with Crippen LogP contribution in [0.4, 0.5) is 16.4 Å². The van der Waals surface area contributed by atoms with Gasteiger partial charge in [-0.25, -0.2) is 9.78 Å². The number of fused-ring (bicyclic) bond motifs is 2. The van der Waals surface area contributed by atoms with Crippen LogP contribution in [0.5, 0.6) is 5.75 Å². The van der Waals surface area contributed by atoms with Crippen molar-refractivity contribution in [2.24, 2.45) is 5.73 Å². The molecule has 182 valence electrons. The van der Waals surface area contributed by atoms with E-state index >= 15 is 0 Å². The molecule has 2 aliphatic heterocycles. The zero-order chi connectivity index (χ0) is 24.2. The van der Waals surface area contributed by atoms with Crippen LogP contribution < -0.4 is 26.0 Å². The third-order valence-corrected chi connectivity index (χ3v) is 7.67. The zero-order valence-corrected chi connectivity index (χ0v) is 19.2. The summed E-state index contributed by atoms with van der Waals surface area (Å²) in [5, 5.41) is 25.8. The highest BCUT2D eigenvalue weighted by Crippen LogP contribution is 2.40. The van der Waals surface area contributed by atoms with Gasteiger partial charge in [0.05, 0.1) is 18.2 Å². The summed E-state index contributed by atoms with van der Waals surface area (Å²) in [6.45, 7) is 0.467. The van der Waals surface area contributed by atoms with Crippen molar-refractivity contribution in [3.8, 4) is 11.8 Å². The minimum atomic E-state index is -0.850. The Morgan fingerprint density at radius 3 is 3.00 bits per heavy atom. The zero-order valence-electron chi connectivity index (χ0n) is 19.2. The maximum absolute atomic E-state index is 12.8. The third kappa shape index (κ3) is 3.86. The second kappa shape index (κ2) is 8.37. The first kappa shape index (κ1) is 22.1. The lowest BCUT2D eigenvalue weighted by molar-refractivity contribution is 0.000905. The molecule has 1 amide bonds. The number of amides is 1. The van der Waals surface area contributed by atoms with E-state index in [1.165, 1.54) is 10.5 Å². The summed E-state index contributed by atoms with van der Waals surface area (Å²) in [6.07, 6.45) is 2.62. The number of nitrogens with two attached hydrogens (primary N) is 1. The highest BCUT2D eigenvalue weighted by molar-refractivity contribution is 5.89. The second-order valence-electron chi connectivity index (χ2n) is 9.91. The second-order valence-corrected chi connectivity index (χ2v) is 9.91. The fourth-order valence-corrected chi connectivity index (χ4v) is 5.87. The van der Waals surface area contributed by atoms with Gasteiger partial charge in [0, 0.05) is 18.1 Å². The molecule has 1 aromatic carbocycles. The summed E-state index contributed by atoms with van der Waals surface area (Å²) in [6, 6.07) is 11.9. The molecule has 2 fully saturated rings. The van der Waals surface area contributed by atoms with Gasteiger partial charge in [-0.05, 0) is 61.4 Å². The van der Waals surface area contributed by atoms with E-state index in [1.807, 2.05) is 12.1 Å². The molecule has 4 aliphatic rings. The van der Waals surface area contributed by atoms with Crippen molar-refractivity contribution in [1.82, 2.24) is 10.3 Å². The average molecular weight is 477 g/mol. The number of pyridine rings is 1. The third-order valence-electron chi connectivity index (χ3n) is 7.67. The summed E-state index contributed by atoms with van der Waals surface area (Å²) < 4.78 is 11.3. The standard InChI is InChI=1S/C25H28N6O4/c26-11-15-3-1-2-14-8-17(9-18(14)15)28-16-6-7-25(20(27)10-16)13-31(24(33)35-25)21-5-4-19-23(29-21)30-22(32)12-34-19/h1-5,16-17,20,22,28,32H,6-10,12-13,27H2,(H,29,30). The largest absolute Gasteiger partial charge is 0.485 e. The molecule has 3 heterocycles.